The summed E-state index contributed by atoms with van der Waals surface area (Å²) < 4.78 is 0.946. The van der Waals surface area contributed by atoms with Crippen LogP contribution in [0.5, 0.6) is 0 Å². The molecule has 0 saturated carbocycles. The monoisotopic (exact) mass is 340 g/mol. The molecule has 0 aliphatic carbocycles. The Hall–Kier alpha value is -1.36. The first-order valence-electron chi connectivity index (χ1n) is 6.86. The van der Waals surface area contributed by atoms with Crippen molar-refractivity contribution < 1.29 is 9.59 Å². The van der Waals surface area contributed by atoms with Crippen LogP contribution in [0.15, 0.2) is 28.7 Å². The van der Waals surface area contributed by atoms with Gasteiger partial charge in [-0.15, -0.1) is 0 Å². The molecule has 20 heavy (non-hydrogen) atoms. The molecule has 1 atom stereocenters. The highest BCUT2D eigenvalue weighted by Crippen LogP contribution is 2.10. The van der Waals surface area contributed by atoms with E-state index in [9.17, 15) is 9.59 Å². The number of rotatable bonds is 7. The molecule has 0 fully saturated rings. The van der Waals surface area contributed by atoms with Gasteiger partial charge in [-0.3, -0.25) is 9.59 Å². The molecule has 0 aliphatic rings. The molecule has 4 nitrogen and oxygen atoms in total. The van der Waals surface area contributed by atoms with E-state index in [1.165, 1.54) is 0 Å². The minimum atomic E-state index is -0.0919. The van der Waals surface area contributed by atoms with E-state index in [-0.39, 0.29) is 17.7 Å². The number of amides is 2. The van der Waals surface area contributed by atoms with Crippen LogP contribution in [0.25, 0.3) is 0 Å². The summed E-state index contributed by atoms with van der Waals surface area (Å²) in [5, 5.41) is 5.69. The van der Waals surface area contributed by atoms with Crippen LogP contribution < -0.4 is 10.6 Å². The van der Waals surface area contributed by atoms with Crippen molar-refractivity contribution >= 4 is 27.7 Å². The number of hydrogen-bond acceptors (Lipinski definition) is 2. The summed E-state index contributed by atoms with van der Waals surface area (Å²) in [5.74, 6) is 0.0323. The van der Waals surface area contributed by atoms with Gasteiger partial charge in [-0.1, -0.05) is 29.8 Å². The Kier molecular flexibility index (Phi) is 7.30. The first kappa shape index (κ1) is 16.7. The molecule has 0 aliphatic heterocycles. The molecule has 0 spiro atoms. The Bertz CT molecular complexity index is 446. The highest BCUT2D eigenvalue weighted by Gasteiger charge is 2.09. The van der Waals surface area contributed by atoms with Gasteiger partial charge in [0.05, 0.1) is 0 Å². The van der Waals surface area contributed by atoms with Crippen molar-refractivity contribution in [1.29, 1.82) is 0 Å². The highest BCUT2D eigenvalue weighted by atomic mass is 79.9. The molecule has 0 bridgehead atoms. The standard InChI is InChI=1S/C15H21BrN2O2/c1-3-11(2)14(19)17-9-4-10-18-15(20)12-5-7-13(16)8-6-12/h5-8,11H,3-4,9-10H2,1-2H3,(H,17,19)(H,18,20)/t11-/m0/s1. The molecule has 0 aromatic heterocycles. The SMILES string of the molecule is CC[C@H](C)C(=O)NCCCNC(=O)c1ccc(Br)cc1. The van der Waals surface area contributed by atoms with Crippen molar-refractivity contribution in [2.24, 2.45) is 5.92 Å². The van der Waals surface area contributed by atoms with Crippen LogP contribution in [0, 0.1) is 5.92 Å². The molecular weight excluding hydrogens is 320 g/mol. The van der Waals surface area contributed by atoms with E-state index in [4.69, 9.17) is 0 Å². The third kappa shape index (κ3) is 5.74. The number of carbonyl (C=O) groups is 2. The van der Waals surface area contributed by atoms with Crippen LogP contribution in [0.4, 0.5) is 0 Å². The maximum atomic E-state index is 11.8. The zero-order chi connectivity index (χ0) is 15.0. The van der Waals surface area contributed by atoms with Crippen molar-refractivity contribution in [3.63, 3.8) is 0 Å². The van der Waals surface area contributed by atoms with Crippen LogP contribution >= 0.6 is 15.9 Å². The van der Waals surface area contributed by atoms with Gasteiger partial charge in [-0.2, -0.15) is 0 Å². The maximum absolute atomic E-state index is 11.8. The third-order valence-electron chi connectivity index (χ3n) is 3.10. The summed E-state index contributed by atoms with van der Waals surface area (Å²) in [7, 11) is 0. The van der Waals surface area contributed by atoms with E-state index >= 15 is 0 Å². The zero-order valence-corrected chi connectivity index (χ0v) is 13.5. The van der Waals surface area contributed by atoms with Gasteiger partial charge in [-0.25, -0.2) is 0 Å². The van der Waals surface area contributed by atoms with E-state index in [1.807, 2.05) is 26.0 Å². The molecule has 0 unspecified atom stereocenters. The Labute approximate surface area is 128 Å². The molecule has 5 heteroatoms. The highest BCUT2D eigenvalue weighted by molar-refractivity contribution is 9.10. The summed E-state index contributed by atoms with van der Waals surface area (Å²) in [4.78, 5) is 23.3. The van der Waals surface area contributed by atoms with Crippen LogP contribution in [-0.4, -0.2) is 24.9 Å². The molecule has 1 rings (SSSR count). The lowest BCUT2D eigenvalue weighted by Gasteiger charge is -2.10. The van der Waals surface area contributed by atoms with Crippen molar-refractivity contribution in [3.8, 4) is 0 Å². The number of nitrogens with one attached hydrogen (secondary N) is 2. The molecule has 110 valence electrons. The van der Waals surface area contributed by atoms with E-state index in [0.29, 0.717) is 18.7 Å². The molecular formula is C15H21BrN2O2. The van der Waals surface area contributed by atoms with E-state index in [1.54, 1.807) is 12.1 Å². The summed E-state index contributed by atoms with van der Waals surface area (Å²) in [6, 6.07) is 7.21. The molecule has 2 N–H and O–H groups in total. The Morgan fingerprint density at radius 3 is 2.35 bits per heavy atom. The van der Waals surface area contributed by atoms with Gasteiger partial charge in [0.2, 0.25) is 5.91 Å². The summed E-state index contributed by atoms with van der Waals surface area (Å²) >= 11 is 3.33. The largest absolute Gasteiger partial charge is 0.356 e. The quantitative estimate of drug-likeness (QED) is 0.750. The normalized spacial score (nSPS) is 11.8. The van der Waals surface area contributed by atoms with E-state index in [2.05, 4.69) is 26.6 Å². The summed E-state index contributed by atoms with van der Waals surface area (Å²) in [5.41, 5.74) is 0.636. The van der Waals surface area contributed by atoms with Crippen LogP contribution in [0.3, 0.4) is 0 Å². The summed E-state index contributed by atoms with van der Waals surface area (Å²) in [6.45, 7) is 5.03. The van der Waals surface area contributed by atoms with Crippen LogP contribution in [0.1, 0.15) is 37.0 Å². The van der Waals surface area contributed by atoms with Crippen LogP contribution in [0.2, 0.25) is 0 Å². The van der Waals surface area contributed by atoms with E-state index in [0.717, 1.165) is 17.3 Å². The minimum Gasteiger partial charge on any atom is -0.356 e. The van der Waals surface area contributed by atoms with Gasteiger partial charge < -0.3 is 10.6 Å². The van der Waals surface area contributed by atoms with Gasteiger partial charge in [0.1, 0.15) is 0 Å². The van der Waals surface area contributed by atoms with Gasteiger partial charge in [-0.05, 0) is 37.1 Å². The third-order valence-corrected chi connectivity index (χ3v) is 3.63. The molecule has 2 amide bonds. The fourth-order valence-electron chi connectivity index (χ4n) is 1.56. The number of hydrogen-bond donors (Lipinski definition) is 2. The van der Waals surface area contributed by atoms with Crippen molar-refractivity contribution in [2.45, 2.75) is 26.7 Å². The van der Waals surface area contributed by atoms with Gasteiger partial charge in [0.25, 0.3) is 5.91 Å². The van der Waals surface area contributed by atoms with Crippen LogP contribution in [-0.2, 0) is 4.79 Å². The first-order chi connectivity index (χ1) is 9.54. The number of carbonyl (C=O) groups excluding carboxylic acids is 2. The Morgan fingerprint density at radius 1 is 1.15 bits per heavy atom. The lowest BCUT2D eigenvalue weighted by Crippen LogP contribution is -2.32. The van der Waals surface area contributed by atoms with Crippen molar-refractivity contribution in [3.05, 3.63) is 34.3 Å². The van der Waals surface area contributed by atoms with E-state index < -0.39 is 0 Å². The molecule has 0 radical (unpaired) electrons. The van der Waals surface area contributed by atoms with Gasteiger partial charge in [0, 0.05) is 29.0 Å². The second kappa shape index (κ2) is 8.74. The average molecular weight is 341 g/mol. The molecule has 1 aromatic rings. The number of halogens is 1. The Balaban J connectivity index is 2.20. The lowest BCUT2D eigenvalue weighted by atomic mass is 10.1. The van der Waals surface area contributed by atoms with Crippen molar-refractivity contribution in [1.82, 2.24) is 10.6 Å². The topological polar surface area (TPSA) is 58.2 Å². The second-order valence-electron chi connectivity index (χ2n) is 4.72. The predicted octanol–water partition coefficient (Wildman–Crippen LogP) is 2.73. The second-order valence-corrected chi connectivity index (χ2v) is 5.63. The first-order valence-corrected chi connectivity index (χ1v) is 7.65. The Morgan fingerprint density at radius 2 is 1.75 bits per heavy atom. The summed E-state index contributed by atoms with van der Waals surface area (Å²) in [6.07, 6.45) is 1.57. The van der Waals surface area contributed by atoms with Gasteiger partial charge in [0.15, 0.2) is 0 Å². The zero-order valence-electron chi connectivity index (χ0n) is 11.9. The molecule has 1 aromatic carbocycles. The van der Waals surface area contributed by atoms with Gasteiger partial charge >= 0.3 is 0 Å². The smallest absolute Gasteiger partial charge is 0.251 e. The molecule has 0 heterocycles. The maximum Gasteiger partial charge on any atom is 0.251 e. The fraction of sp³-hybridized carbons (Fsp3) is 0.467. The predicted molar refractivity (Wildman–Crippen MR) is 83.6 cm³/mol. The average Bonchev–Trinajstić information content (AvgIpc) is 2.46. The van der Waals surface area contributed by atoms with Crippen molar-refractivity contribution in [2.75, 3.05) is 13.1 Å². The lowest BCUT2D eigenvalue weighted by molar-refractivity contribution is -0.124. The fourth-order valence-corrected chi connectivity index (χ4v) is 1.83. The number of benzene rings is 1. The minimum absolute atomic E-state index is 0.0485. The molecule has 0 saturated heterocycles.